The molecule has 1 aliphatic heterocycles. The summed E-state index contributed by atoms with van der Waals surface area (Å²) in [5.41, 5.74) is 0. The van der Waals surface area contributed by atoms with E-state index in [9.17, 15) is 4.79 Å². The second kappa shape index (κ2) is 6.88. The largest absolute Gasteiger partial charge is 0.358 e. The van der Waals surface area contributed by atoms with E-state index in [-0.39, 0.29) is 11.9 Å². The Morgan fingerprint density at radius 1 is 1.45 bits per heavy atom. The Bertz CT molecular complexity index is 474. The molecule has 2 heterocycles. The third-order valence-corrected chi connectivity index (χ3v) is 3.56. The van der Waals surface area contributed by atoms with Crippen molar-refractivity contribution in [2.24, 2.45) is 0 Å². The van der Waals surface area contributed by atoms with Gasteiger partial charge in [-0.2, -0.15) is 0 Å². The van der Waals surface area contributed by atoms with Gasteiger partial charge in [-0.1, -0.05) is 18.5 Å². The second-order valence-electron chi connectivity index (χ2n) is 5.14. The van der Waals surface area contributed by atoms with Crippen LogP contribution in [-0.4, -0.2) is 39.9 Å². The summed E-state index contributed by atoms with van der Waals surface area (Å²) >= 11 is 5.99. The first-order chi connectivity index (χ1) is 9.60. The zero-order valence-electron chi connectivity index (χ0n) is 12.0. The van der Waals surface area contributed by atoms with Gasteiger partial charge in [0.1, 0.15) is 22.8 Å². The molecule has 0 spiro atoms. The highest BCUT2D eigenvalue weighted by molar-refractivity contribution is 6.29. The lowest BCUT2D eigenvalue weighted by molar-refractivity contribution is -0.130. The predicted molar refractivity (Wildman–Crippen MR) is 79.9 cm³/mol. The molecule has 5 nitrogen and oxygen atoms in total. The fraction of sp³-hybridized carbons (Fsp3) is 0.643. The lowest BCUT2D eigenvalue weighted by atomic mass is 10.3. The van der Waals surface area contributed by atoms with Crippen LogP contribution >= 0.6 is 11.6 Å². The highest BCUT2D eigenvalue weighted by Gasteiger charge is 2.23. The number of aromatic nitrogens is 2. The number of halogens is 1. The fourth-order valence-corrected chi connectivity index (χ4v) is 2.57. The number of anilines is 1. The molecule has 6 heteroatoms. The minimum atomic E-state index is -0.298. The third kappa shape index (κ3) is 3.82. The number of hydrogen-bond acceptors (Lipinski definition) is 4. The average molecular weight is 297 g/mol. The van der Waals surface area contributed by atoms with E-state index in [1.165, 1.54) is 0 Å². The number of likely N-dealkylation sites (tertiary alicyclic amines) is 1. The first kappa shape index (κ1) is 15.0. The Labute approximate surface area is 124 Å². The van der Waals surface area contributed by atoms with Crippen LogP contribution in [-0.2, 0) is 11.2 Å². The number of nitrogens with one attached hydrogen (secondary N) is 1. The average Bonchev–Trinajstić information content (AvgIpc) is 2.91. The van der Waals surface area contributed by atoms with E-state index in [1.807, 2.05) is 11.8 Å². The molecule has 20 heavy (non-hydrogen) atoms. The van der Waals surface area contributed by atoms with E-state index < -0.39 is 0 Å². The van der Waals surface area contributed by atoms with Crippen LogP contribution < -0.4 is 5.32 Å². The summed E-state index contributed by atoms with van der Waals surface area (Å²) in [5.74, 6) is 1.45. The molecule has 1 fully saturated rings. The molecule has 1 aromatic heterocycles. The van der Waals surface area contributed by atoms with Crippen molar-refractivity contribution >= 4 is 23.3 Å². The van der Waals surface area contributed by atoms with Crippen molar-refractivity contribution in [1.29, 1.82) is 0 Å². The van der Waals surface area contributed by atoms with Crippen molar-refractivity contribution in [3.8, 4) is 0 Å². The van der Waals surface area contributed by atoms with Gasteiger partial charge in [-0.3, -0.25) is 4.79 Å². The Morgan fingerprint density at radius 3 is 2.80 bits per heavy atom. The summed E-state index contributed by atoms with van der Waals surface area (Å²) in [4.78, 5) is 22.7. The zero-order valence-corrected chi connectivity index (χ0v) is 12.8. The van der Waals surface area contributed by atoms with Gasteiger partial charge in [0.2, 0.25) is 5.91 Å². The predicted octanol–water partition coefficient (Wildman–Crippen LogP) is 2.51. The first-order valence-corrected chi connectivity index (χ1v) is 7.56. The Morgan fingerprint density at radius 2 is 2.15 bits per heavy atom. The van der Waals surface area contributed by atoms with Gasteiger partial charge >= 0.3 is 0 Å². The topological polar surface area (TPSA) is 58.1 Å². The molecule has 1 unspecified atom stereocenters. The highest BCUT2D eigenvalue weighted by atomic mass is 35.5. The fourth-order valence-electron chi connectivity index (χ4n) is 2.37. The molecule has 0 aliphatic carbocycles. The van der Waals surface area contributed by atoms with Crippen molar-refractivity contribution in [3.05, 3.63) is 17.0 Å². The standard InChI is InChI=1S/C14H21ClN4O/c1-3-6-12-17-11(15)9-13(18-12)16-10(2)14(20)19-7-4-5-8-19/h9-10H,3-8H2,1-2H3,(H,16,17,18). The minimum absolute atomic E-state index is 0.120. The van der Waals surface area contributed by atoms with Gasteiger partial charge in [0.15, 0.2) is 0 Å². The summed E-state index contributed by atoms with van der Waals surface area (Å²) in [6.45, 7) is 5.64. The normalized spacial score (nSPS) is 16.2. The molecular weight excluding hydrogens is 276 g/mol. The van der Waals surface area contributed by atoms with Crippen LogP contribution in [0.4, 0.5) is 5.82 Å². The molecule has 0 bridgehead atoms. The molecule has 0 radical (unpaired) electrons. The molecule has 110 valence electrons. The SMILES string of the molecule is CCCc1nc(Cl)cc(NC(C)C(=O)N2CCCC2)n1. The van der Waals surface area contributed by atoms with Gasteiger partial charge in [-0.15, -0.1) is 0 Å². The molecule has 0 aromatic carbocycles. The number of amides is 1. The maximum Gasteiger partial charge on any atom is 0.244 e. The van der Waals surface area contributed by atoms with Gasteiger partial charge in [0.25, 0.3) is 0 Å². The van der Waals surface area contributed by atoms with Crippen molar-refractivity contribution in [2.45, 2.75) is 45.6 Å². The quantitative estimate of drug-likeness (QED) is 0.848. The van der Waals surface area contributed by atoms with Gasteiger partial charge < -0.3 is 10.2 Å². The van der Waals surface area contributed by atoms with Crippen LogP contribution in [0.3, 0.4) is 0 Å². The third-order valence-electron chi connectivity index (χ3n) is 3.37. The van der Waals surface area contributed by atoms with Crippen LogP contribution in [0.1, 0.15) is 38.9 Å². The number of hydrogen-bond donors (Lipinski definition) is 1. The van der Waals surface area contributed by atoms with Gasteiger partial charge in [0, 0.05) is 25.6 Å². The minimum Gasteiger partial charge on any atom is -0.358 e. The number of carbonyl (C=O) groups is 1. The Hall–Kier alpha value is -1.36. The van der Waals surface area contributed by atoms with E-state index in [0.717, 1.165) is 38.8 Å². The van der Waals surface area contributed by atoms with Crippen LogP contribution in [0.5, 0.6) is 0 Å². The molecule has 1 amide bonds. The molecule has 0 saturated carbocycles. The lowest BCUT2D eigenvalue weighted by Gasteiger charge is -2.21. The maximum absolute atomic E-state index is 12.2. The summed E-state index contributed by atoms with van der Waals surface area (Å²) in [7, 11) is 0. The van der Waals surface area contributed by atoms with Crippen LogP contribution in [0.2, 0.25) is 5.15 Å². The van der Waals surface area contributed by atoms with Crippen molar-refractivity contribution in [1.82, 2.24) is 14.9 Å². The summed E-state index contributed by atoms with van der Waals surface area (Å²) in [6, 6.07) is 1.36. The smallest absolute Gasteiger partial charge is 0.244 e. The summed E-state index contributed by atoms with van der Waals surface area (Å²) < 4.78 is 0. The van der Waals surface area contributed by atoms with E-state index in [0.29, 0.717) is 16.8 Å². The molecule has 1 N–H and O–H groups in total. The molecule has 1 atom stereocenters. The van der Waals surface area contributed by atoms with Crippen molar-refractivity contribution < 1.29 is 4.79 Å². The van der Waals surface area contributed by atoms with Crippen molar-refractivity contribution in [2.75, 3.05) is 18.4 Å². The van der Waals surface area contributed by atoms with Crippen LogP contribution in [0, 0.1) is 0 Å². The highest BCUT2D eigenvalue weighted by Crippen LogP contribution is 2.15. The summed E-state index contributed by atoms with van der Waals surface area (Å²) in [6.07, 6.45) is 3.93. The summed E-state index contributed by atoms with van der Waals surface area (Å²) in [5, 5.41) is 3.54. The first-order valence-electron chi connectivity index (χ1n) is 7.19. The number of rotatable bonds is 5. The Balaban J connectivity index is 2.02. The molecular formula is C14H21ClN4O. The van der Waals surface area contributed by atoms with E-state index in [2.05, 4.69) is 22.2 Å². The van der Waals surface area contributed by atoms with Crippen LogP contribution in [0.25, 0.3) is 0 Å². The maximum atomic E-state index is 12.2. The second-order valence-corrected chi connectivity index (χ2v) is 5.53. The van der Waals surface area contributed by atoms with E-state index in [4.69, 9.17) is 11.6 Å². The number of aryl methyl sites for hydroxylation is 1. The zero-order chi connectivity index (χ0) is 14.5. The molecule has 1 aromatic rings. The van der Waals surface area contributed by atoms with Gasteiger partial charge in [-0.25, -0.2) is 9.97 Å². The Kier molecular flexibility index (Phi) is 5.17. The lowest BCUT2D eigenvalue weighted by Crippen LogP contribution is -2.39. The van der Waals surface area contributed by atoms with Crippen molar-refractivity contribution in [3.63, 3.8) is 0 Å². The molecule has 2 rings (SSSR count). The molecule has 1 aliphatic rings. The van der Waals surface area contributed by atoms with Gasteiger partial charge in [0.05, 0.1) is 0 Å². The number of carbonyl (C=O) groups excluding carboxylic acids is 1. The number of nitrogens with zero attached hydrogens (tertiary/aromatic N) is 3. The van der Waals surface area contributed by atoms with E-state index >= 15 is 0 Å². The van der Waals surface area contributed by atoms with Crippen LogP contribution in [0.15, 0.2) is 6.07 Å². The van der Waals surface area contributed by atoms with Gasteiger partial charge in [-0.05, 0) is 26.2 Å². The van der Waals surface area contributed by atoms with E-state index in [1.54, 1.807) is 6.07 Å². The monoisotopic (exact) mass is 296 g/mol. The molecule has 1 saturated heterocycles.